The van der Waals surface area contributed by atoms with E-state index >= 15 is 0 Å². The molecule has 5 heteroatoms. The molecule has 0 unspecified atom stereocenters. The minimum absolute atomic E-state index is 0. The Hall–Kier alpha value is -1.29. The molecule has 0 aromatic carbocycles. The number of nitrogen functional groups attached to an aromatic ring is 1. The molecule has 1 aliphatic rings. The standard InChI is InChI=1S/C13H19N3O.ClH/c1-9(2)8-16(11-4-5-11)13(17)12-6-3-10(14)7-15-12;/h3,6-7,9,11H,4-5,8,14H2,1-2H3;1H. The van der Waals surface area contributed by atoms with Gasteiger partial charge in [0.25, 0.3) is 5.91 Å². The van der Waals surface area contributed by atoms with E-state index in [1.54, 1.807) is 12.1 Å². The van der Waals surface area contributed by atoms with Crippen LogP contribution in [0.5, 0.6) is 0 Å². The van der Waals surface area contributed by atoms with Crippen LogP contribution in [0.2, 0.25) is 0 Å². The van der Waals surface area contributed by atoms with E-state index in [0.717, 1.165) is 19.4 Å². The third-order valence-electron chi connectivity index (χ3n) is 2.82. The number of carbonyl (C=O) groups is 1. The van der Waals surface area contributed by atoms with Crippen molar-refractivity contribution in [2.75, 3.05) is 12.3 Å². The summed E-state index contributed by atoms with van der Waals surface area (Å²) in [4.78, 5) is 18.3. The Balaban J connectivity index is 0.00000162. The molecule has 1 aliphatic carbocycles. The molecule has 1 heterocycles. The number of nitrogens with two attached hydrogens (primary N) is 1. The van der Waals surface area contributed by atoms with E-state index in [-0.39, 0.29) is 18.3 Å². The SMILES string of the molecule is CC(C)CN(C(=O)c1ccc(N)cn1)C1CC1.Cl. The molecule has 0 radical (unpaired) electrons. The van der Waals surface area contributed by atoms with Crippen LogP contribution >= 0.6 is 12.4 Å². The monoisotopic (exact) mass is 269 g/mol. The Morgan fingerprint density at radius 3 is 2.61 bits per heavy atom. The number of carbonyl (C=O) groups excluding carboxylic acids is 1. The molecule has 2 N–H and O–H groups in total. The van der Waals surface area contributed by atoms with E-state index in [2.05, 4.69) is 18.8 Å². The Kier molecular flexibility index (Phi) is 4.96. The molecule has 1 amide bonds. The van der Waals surface area contributed by atoms with Gasteiger partial charge in [-0.25, -0.2) is 4.98 Å². The van der Waals surface area contributed by atoms with Gasteiger partial charge in [0.2, 0.25) is 0 Å². The number of nitrogens with zero attached hydrogens (tertiary/aromatic N) is 2. The largest absolute Gasteiger partial charge is 0.397 e. The number of hydrogen-bond donors (Lipinski definition) is 1. The summed E-state index contributed by atoms with van der Waals surface area (Å²) in [6.07, 6.45) is 3.77. The number of hydrogen-bond acceptors (Lipinski definition) is 3. The lowest BCUT2D eigenvalue weighted by Crippen LogP contribution is -2.36. The lowest BCUT2D eigenvalue weighted by Gasteiger charge is -2.24. The molecule has 18 heavy (non-hydrogen) atoms. The summed E-state index contributed by atoms with van der Waals surface area (Å²) in [6.45, 7) is 5.05. The first-order valence-electron chi connectivity index (χ1n) is 6.10. The number of rotatable bonds is 4. The second kappa shape index (κ2) is 6.05. The molecular weight excluding hydrogens is 250 g/mol. The first-order chi connectivity index (χ1) is 8.08. The highest BCUT2D eigenvalue weighted by molar-refractivity contribution is 5.92. The molecule has 0 atom stereocenters. The summed E-state index contributed by atoms with van der Waals surface area (Å²) in [5.41, 5.74) is 6.65. The Bertz CT molecular complexity index is 401. The molecule has 1 saturated carbocycles. The Labute approximate surface area is 114 Å². The topological polar surface area (TPSA) is 59.2 Å². The molecule has 0 saturated heterocycles. The fourth-order valence-corrected chi connectivity index (χ4v) is 1.86. The number of halogens is 1. The van der Waals surface area contributed by atoms with E-state index < -0.39 is 0 Å². The third kappa shape index (κ3) is 3.60. The van der Waals surface area contributed by atoms with Crippen LogP contribution in [0.25, 0.3) is 0 Å². The smallest absolute Gasteiger partial charge is 0.272 e. The van der Waals surface area contributed by atoms with E-state index in [9.17, 15) is 4.79 Å². The summed E-state index contributed by atoms with van der Waals surface area (Å²) in [5, 5.41) is 0. The van der Waals surface area contributed by atoms with E-state index in [0.29, 0.717) is 23.3 Å². The molecule has 100 valence electrons. The van der Waals surface area contributed by atoms with Crippen molar-refractivity contribution < 1.29 is 4.79 Å². The van der Waals surface area contributed by atoms with Crippen molar-refractivity contribution in [3.05, 3.63) is 24.0 Å². The van der Waals surface area contributed by atoms with Crippen LogP contribution in [0, 0.1) is 5.92 Å². The van der Waals surface area contributed by atoms with Crippen molar-refractivity contribution in [1.82, 2.24) is 9.88 Å². The predicted molar refractivity (Wildman–Crippen MR) is 74.8 cm³/mol. The Morgan fingerprint density at radius 1 is 1.50 bits per heavy atom. The second-order valence-corrected chi connectivity index (χ2v) is 5.06. The number of amides is 1. The second-order valence-electron chi connectivity index (χ2n) is 5.06. The van der Waals surface area contributed by atoms with Gasteiger partial charge in [-0.15, -0.1) is 12.4 Å². The van der Waals surface area contributed by atoms with Gasteiger partial charge in [-0.2, -0.15) is 0 Å². The lowest BCUT2D eigenvalue weighted by atomic mass is 10.2. The van der Waals surface area contributed by atoms with Crippen molar-refractivity contribution in [2.45, 2.75) is 32.7 Å². The summed E-state index contributed by atoms with van der Waals surface area (Å²) < 4.78 is 0. The summed E-state index contributed by atoms with van der Waals surface area (Å²) in [5.74, 6) is 0.509. The fourth-order valence-electron chi connectivity index (χ4n) is 1.86. The Morgan fingerprint density at radius 2 is 2.17 bits per heavy atom. The zero-order valence-corrected chi connectivity index (χ0v) is 11.6. The molecule has 1 fully saturated rings. The van der Waals surface area contributed by atoms with Gasteiger partial charge in [-0.1, -0.05) is 13.8 Å². The maximum absolute atomic E-state index is 12.3. The minimum Gasteiger partial charge on any atom is -0.397 e. The fraction of sp³-hybridized carbons (Fsp3) is 0.538. The lowest BCUT2D eigenvalue weighted by molar-refractivity contribution is 0.0716. The van der Waals surface area contributed by atoms with Crippen LogP contribution in [0.15, 0.2) is 18.3 Å². The third-order valence-corrected chi connectivity index (χ3v) is 2.82. The first kappa shape index (κ1) is 14.8. The normalized spacial score (nSPS) is 14.2. The van der Waals surface area contributed by atoms with Gasteiger partial charge in [0.05, 0.1) is 11.9 Å². The van der Waals surface area contributed by atoms with Gasteiger partial charge in [0.1, 0.15) is 5.69 Å². The quantitative estimate of drug-likeness (QED) is 0.913. The van der Waals surface area contributed by atoms with Crippen LogP contribution in [-0.4, -0.2) is 28.4 Å². The summed E-state index contributed by atoms with van der Waals surface area (Å²) >= 11 is 0. The first-order valence-corrected chi connectivity index (χ1v) is 6.10. The van der Waals surface area contributed by atoms with Crippen LogP contribution in [-0.2, 0) is 0 Å². The molecular formula is C13H20ClN3O. The maximum Gasteiger partial charge on any atom is 0.272 e. The molecule has 0 spiro atoms. The van der Waals surface area contributed by atoms with Gasteiger partial charge in [-0.3, -0.25) is 4.79 Å². The van der Waals surface area contributed by atoms with Crippen LogP contribution in [0.3, 0.4) is 0 Å². The molecule has 1 aromatic heterocycles. The van der Waals surface area contributed by atoms with E-state index in [4.69, 9.17) is 5.73 Å². The van der Waals surface area contributed by atoms with Gasteiger partial charge < -0.3 is 10.6 Å². The average molecular weight is 270 g/mol. The van der Waals surface area contributed by atoms with Gasteiger partial charge >= 0.3 is 0 Å². The minimum atomic E-state index is 0. The zero-order chi connectivity index (χ0) is 12.4. The molecule has 2 rings (SSSR count). The van der Waals surface area contributed by atoms with Crippen LogP contribution in [0.4, 0.5) is 5.69 Å². The molecule has 0 bridgehead atoms. The zero-order valence-electron chi connectivity index (χ0n) is 10.8. The van der Waals surface area contributed by atoms with E-state index in [1.807, 2.05) is 4.90 Å². The van der Waals surface area contributed by atoms with Crippen molar-refractivity contribution in [1.29, 1.82) is 0 Å². The van der Waals surface area contributed by atoms with Crippen LogP contribution < -0.4 is 5.73 Å². The molecule has 0 aliphatic heterocycles. The molecule has 4 nitrogen and oxygen atoms in total. The average Bonchev–Trinajstić information content (AvgIpc) is 3.09. The van der Waals surface area contributed by atoms with Crippen molar-refractivity contribution >= 4 is 24.0 Å². The molecule has 1 aromatic rings. The van der Waals surface area contributed by atoms with Crippen molar-refractivity contribution in [2.24, 2.45) is 5.92 Å². The van der Waals surface area contributed by atoms with Gasteiger partial charge in [0, 0.05) is 12.6 Å². The van der Waals surface area contributed by atoms with Gasteiger partial charge in [0.15, 0.2) is 0 Å². The van der Waals surface area contributed by atoms with Gasteiger partial charge in [-0.05, 0) is 30.9 Å². The highest BCUT2D eigenvalue weighted by atomic mass is 35.5. The van der Waals surface area contributed by atoms with Crippen molar-refractivity contribution in [3.8, 4) is 0 Å². The number of pyridine rings is 1. The number of aromatic nitrogens is 1. The van der Waals surface area contributed by atoms with E-state index in [1.165, 1.54) is 6.20 Å². The summed E-state index contributed by atoms with van der Waals surface area (Å²) in [6, 6.07) is 3.85. The van der Waals surface area contributed by atoms with Crippen molar-refractivity contribution in [3.63, 3.8) is 0 Å². The highest BCUT2D eigenvalue weighted by Gasteiger charge is 2.33. The number of anilines is 1. The predicted octanol–water partition coefficient (Wildman–Crippen LogP) is 2.35. The highest BCUT2D eigenvalue weighted by Crippen LogP contribution is 2.28. The van der Waals surface area contributed by atoms with Crippen LogP contribution in [0.1, 0.15) is 37.2 Å². The maximum atomic E-state index is 12.3. The summed E-state index contributed by atoms with van der Waals surface area (Å²) in [7, 11) is 0.